The van der Waals surface area contributed by atoms with Crippen molar-refractivity contribution in [3.63, 3.8) is 0 Å². The van der Waals surface area contributed by atoms with Crippen molar-refractivity contribution in [1.29, 1.82) is 0 Å². The number of carbonyl (C=O) groups excluding carboxylic acids is 1. The largest absolute Gasteiger partial charge is 0.489 e. The second-order valence-corrected chi connectivity index (χ2v) is 6.45. The second kappa shape index (κ2) is 4.49. The van der Waals surface area contributed by atoms with Crippen LogP contribution in [0.5, 0.6) is 5.75 Å². The molecular formula is C12H14O4S. The van der Waals surface area contributed by atoms with Crippen LogP contribution in [0.15, 0.2) is 24.3 Å². The molecule has 0 saturated carbocycles. The second-order valence-electron chi connectivity index (χ2n) is 4.22. The Morgan fingerprint density at radius 3 is 2.41 bits per heavy atom. The van der Waals surface area contributed by atoms with Crippen LogP contribution in [0.3, 0.4) is 0 Å². The van der Waals surface area contributed by atoms with Gasteiger partial charge in [-0.1, -0.05) is 0 Å². The van der Waals surface area contributed by atoms with Gasteiger partial charge in [-0.2, -0.15) is 0 Å². The molecule has 0 spiro atoms. The van der Waals surface area contributed by atoms with Gasteiger partial charge in [0, 0.05) is 5.56 Å². The van der Waals surface area contributed by atoms with Crippen LogP contribution in [0.2, 0.25) is 0 Å². The summed E-state index contributed by atoms with van der Waals surface area (Å²) in [4.78, 5) is 11.1. The summed E-state index contributed by atoms with van der Waals surface area (Å²) in [5, 5.41) is 0. The van der Waals surface area contributed by atoms with Gasteiger partial charge in [0.2, 0.25) is 0 Å². The van der Waals surface area contributed by atoms with E-state index in [1.165, 1.54) is 6.92 Å². The van der Waals surface area contributed by atoms with Crippen LogP contribution >= 0.6 is 0 Å². The van der Waals surface area contributed by atoms with Gasteiger partial charge in [-0.3, -0.25) is 4.79 Å². The van der Waals surface area contributed by atoms with Crippen molar-refractivity contribution < 1.29 is 17.9 Å². The van der Waals surface area contributed by atoms with Crippen molar-refractivity contribution in [3.05, 3.63) is 29.8 Å². The van der Waals surface area contributed by atoms with Gasteiger partial charge in [-0.25, -0.2) is 8.42 Å². The Hall–Kier alpha value is -1.36. The van der Waals surface area contributed by atoms with E-state index in [-0.39, 0.29) is 23.4 Å². The molecule has 1 aromatic rings. The molecule has 1 unspecified atom stereocenters. The molecular weight excluding hydrogens is 240 g/mol. The van der Waals surface area contributed by atoms with Gasteiger partial charge in [0.15, 0.2) is 15.6 Å². The smallest absolute Gasteiger partial charge is 0.159 e. The minimum Gasteiger partial charge on any atom is -0.489 e. The van der Waals surface area contributed by atoms with Gasteiger partial charge in [-0.05, 0) is 37.6 Å². The minimum absolute atomic E-state index is 0.00000541. The van der Waals surface area contributed by atoms with E-state index < -0.39 is 9.84 Å². The molecule has 0 amide bonds. The summed E-state index contributed by atoms with van der Waals surface area (Å²) in [7, 11) is -2.92. The van der Waals surface area contributed by atoms with E-state index in [1.54, 1.807) is 24.3 Å². The van der Waals surface area contributed by atoms with Gasteiger partial charge in [0.1, 0.15) is 11.9 Å². The summed E-state index contributed by atoms with van der Waals surface area (Å²) in [6.07, 6.45) is 0.278. The molecule has 1 heterocycles. The van der Waals surface area contributed by atoms with Gasteiger partial charge >= 0.3 is 0 Å². The summed E-state index contributed by atoms with van der Waals surface area (Å²) in [5.41, 5.74) is 0.622. The number of rotatable bonds is 3. The predicted molar refractivity (Wildman–Crippen MR) is 64.1 cm³/mol. The fourth-order valence-corrected chi connectivity index (χ4v) is 3.40. The Bertz CT molecular complexity index is 516. The fourth-order valence-electron chi connectivity index (χ4n) is 1.81. The zero-order valence-corrected chi connectivity index (χ0v) is 10.4. The van der Waals surface area contributed by atoms with Crippen LogP contribution in [0, 0.1) is 0 Å². The lowest BCUT2D eigenvalue weighted by atomic mass is 10.1. The van der Waals surface area contributed by atoms with Crippen LogP contribution in [-0.2, 0) is 9.84 Å². The molecule has 1 saturated heterocycles. The van der Waals surface area contributed by atoms with Crippen molar-refractivity contribution in [2.45, 2.75) is 19.4 Å². The number of ketones is 1. The van der Waals surface area contributed by atoms with E-state index in [9.17, 15) is 13.2 Å². The highest BCUT2D eigenvalue weighted by Gasteiger charge is 2.29. The highest BCUT2D eigenvalue weighted by Crippen LogP contribution is 2.20. The number of sulfone groups is 1. The van der Waals surface area contributed by atoms with Crippen LogP contribution in [-0.4, -0.2) is 31.8 Å². The van der Waals surface area contributed by atoms with E-state index in [1.807, 2.05) is 0 Å². The topological polar surface area (TPSA) is 60.4 Å². The maximum atomic E-state index is 11.2. The molecule has 5 heteroatoms. The van der Waals surface area contributed by atoms with Crippen LogP contribution < -0.4 is 4.74 Å². The number of carbonyl (C=O) groups is 1. The highest BCUT2D eigenvalue weighted by atomic mass is 32.2. The highest BCUT2D eigenvalue weighted by molar-refractivity contribution is 7.91. The Labute approximate surface area is 101 Å². The quantitative estimate of drug-likeness (QED) is 0.766. The van der Waals surface area contributed by atoms with Crippen molar-refractivity contribution >= 4 is 15.6 Å². The number of hydrogen-bond acceptors (Lipinski definition) is 4. The van der Waals surface area contributed by atoms with E-state index in [0.29, 0.717) is 17.7 Å². The lowest BCUT2D eigenvalue weighted by Crippen LogP contribution is -2.17. The molecule has 1 fully saturated rings. The van der Waals surface area contributed by atoms with Crippen molar-refractivity contribution in [2.75, 3.05) is 11.5 Å². The first-order valence-corrected chi connectivity index (χ1v) is 7.26. The number of benzene rings is 1. The summed E-state index contributed by atoms with van der Waals surface area (Å²) in [6, 6.07) is 6.76. The molecule has 1 aliphatic rings. The van der Waals surface area contributed by atoms with Gasteiger partial charge in [-0.15, -0.1) is 0 Å². The molecule has 0 aromatic heterocycles. The molecule has 0 aliphatic carbocycles. The van der Waals surface area contributed by atoms with Crippen LogP contribution in [0.4, 0.5) is 0 Å². The van der Waals surface area contributed by atoms with Crippen molar-refractivity contribution in [2.24, 2.45) is 0 Å². The summed E-state index contributed by atoms with van der Waals surface area (Å²) in [5.74, 6) is 0.891. The molecule has 92 valence electrons. The molecule has 4 nitrogen and oxygen atoms in total. The Balaban J connectivity index is 2.03. The summed E-state index contributed by atoms with van der Waals surface area (Å²) >= 11 is 0. The lowest BCUT2D eigenvalue weighted by Gasteiger charge is -2.11. The van der Waals surface area contributed by atoms with E-state index in [4.69, 9.17) is 4.74 Å². The van der Waals surface area contributed by atoms with Crippen molar-refractivity contribution in [1.82, 2.24) is 0 Å². The maximum absolute atomic E-state index is 11.2. The van der Waals surface area contributed by atoms with Gasteiger partial charge < -0.3 is 4.74 Å². The van der Waals surface area contributed by atoms with Gasteiger partial charge in [0.05, 0.1) is 11.5 Å². The monoisotopic (exact) mass is 254 g/mol. The van der Waals surface area contributed by atoms with Gasteiger partial charge in [0.25, 0.3) is 0 Å². The van der Waals surface area contributed by atoms with Crippen LogP contribution in [0.1, 0.15) is 23.7 Å². The molecule has 1 aromatic carbocycles. The Morgan fingerprint density at radius 1 is 1.29 bits per heavy atom. The maximum Gasteiger partial charge on any atom is 0.159 e. The van der Waals surface area contributed by atoms with Crippen molar-refractivity contribution in [3.8, 4) is 5.75 Å². The first kappa shape index (κ1) is 12.1. The first-order chi connectivity index (χ1) is 7.96. The normalized spacial score (nSPS) is 22.3. The molecule has 0 N–H and O–H groups in total. The first-order valence-electron chi connectivity index (χ1n) is 5.44. The SMILES string of the molecule is CC(=O)c1ccc(OC2CCS(=O)(=O)C2)cc1. The third-order valence-corrected chi connectivity index (χ3v) is 4.49. The van der Waals surface area contributed by atoms with Crippen LogP contribution in [0.25, 0.3) is 0 Å². The van der Waals surface area contributed by atoms with E-state index >= 15 is 0 Å². The fraction of sp³-hybridized carbons (Fsp3) is 0.417. The minimum atomic E-state index is -2.92. The average molecular weight is 254 g/mol. The molecule has 1 aliphatic heterocycles. The molecule has 0 radical (unpaired) electrons. The summed E-state index contributed by atoms with van der Waals surface area (Å²) in [6.45, 7) is 1.50. The number of ether oxygens (including phenoxy) is 1. The lowest BCUT2D eigenvalue weighted by molar-refractivity contribution is 0.101. The molecule has 17 heavy (non-hydrogen) atoms. The summed E-state index contributed by atoms with van der Waals surface area (Å²) < 4.78 is 28.1. The van der Waals surface area contributed by atoms with E-state index in [0.717, 1.165) is 0 Å². The zero-order chi connectivity index (χ0) is 12.5. The average Bonchev–Trinajstić information content (AvgIpc) is 2.59. The number of hydrogen-bond donors (Lipinski definition) is 0. The standard InChI is InChI=1S/C12H14O4S/c1-9(13)10-2-4-11(5-3-10)16-12-6-7-17(14,15)8-12/h2-5,12H,6-8H2,1H3. The molecule has 2 rings (SSSR count). The molecule has 0 bridgehead atoms. The molecule has 1 atom stereocenters. The zero-order valence-electron chi connectivity index (χ0n) is 9.55. The third-order valence-electron chi connectivity index (χ3n) is 2.75. The Morgan fingerprint density at radius 2 is 1.94 bits per heavy atom. The third kappa shape index (κ3) is 3.06. The number of Topliss-reactive ketones (excluding diaryl/α,β-unsaturated/α-hetero) is 1. The predicted octanol–water partition coefficient (Wildman–Crippen LogP) is 1.46. The van der Waals surface area contributed by atoms with E-state index in [2.05, 4.69) is 0 Å². The Kier molecular flexibility index (Phi) is 3.19.